The van der Waals surface area contributed by atoms with Crippen molar-refractivity contribution < 1.29 is 28.6 Å². The number of amides is 2. The topological polar surface area (TPSA) is 117 Å². The van der Waals surface area contributed by atoms with E-state index in [-0.39, 0.29) is 18.5 Å². The van der Waals surface area contributed by atoms with Crippen LogP contribution >= 0.6 is 0 Å². The molecule has 0 saturated carbocycles. The second kappa shape index (κ2) is 13.7. The highest BCUT2D eigenvalue weighted by Crippen LogP contribution is 2.15. The van der Waals surface area contributed by atoms with Gasteiger partial charge in [0, 0.05) is 12.8 Å². The van der Waals surface area contributed by atoms with Crippen molar-refractivity contribution in [2.24, 2.45) is 5.73 Å². The summed E-state index contributed by atoms with van der Waals surface area (Å²) in [6, 6.07) is 7.65. The van der Waals surface area contributed by atoms with Gasteiger partial charge in [0.1, 0.15) is 5.60 Å². The lowest BCUT2D eigenvalue weighted by molar-refractivity contribution is -0.140. The second-order valence-corrected chi connectivity index (χ2v) is 8.88. The van der Waals surface area contributed by atoms with Gasteiger partial charge in [-0.05, 0) is 64.5 Å². The highest BCUT2D eigenvalue weighted by atomic mass is 16.6. The molecule has 8 nitrogen and oxygen atoms in total. The van der Waals surface area contributed by atoms with E-state index in [9.17, 15) is 14.4 Å². The maximum absolute atomic E-state index is 12.2. The predicted molar refractivity (Wildman–Crippen MR) is 122 cm³/mol. The summed E-state index contributed by atoms with van der Waals surface area (Å²) in [6.07, 6.45) is 2.54. The van der Waals surface area contributed by atoms with E-state index in [0.717, 1.165) is 24.8 Å². The van der Waals surface area contributed by atoms with Crippen molar-refractivity contribution in [2.45, 2.75) is 90.6 Å². The van der Waals surface area contributed by atoms with Crippen LogP contribution in [0, 0.1) is 0 Å². The fourth-order valence-electron chi connectivity index (χ4n) is 3.10. The zero-order valence-corrected chi connectivity index (χ0v) is 19.9. The van der Waals surface area contributed by atoms with Gasteiger partial charge < -0.3 is 25.3 Å². The summed E-state index contributed by atoms with van der Waals surface area (Å²) in [5.41, 5.74) is 6.83. The molecular formula is C24H38N2O6. The molecule has 0 aliphatic rings. The first-order valence-electron chi connectivity index (χ1n) is 11.0. The minimum absolute atomic E-state index is 0.134. The Morgan fingerprint density at radius 1 is 1.09 bits per heavy atom. The Kier molecular flexibility index (Phi) is 11.8. The molecule has 0 aliphatic carbocycles. The van der Waals surface area contributed by atoms with E-state index in [2.05, 4.69) is 16.1 Å². The lowest BCUT2D eigenvalue weighted by atomic mass is 10.0. The molecule has 180 valence electrons. The molecule has 0 heterocycles. The third-order valence-corrected chi connectivity index (χ3v) is 4.80. The molecule has 8 heteroatoms. The molecule has 1 aromatic carbocycles. The van der Waals surface area contributed by atoms with Crippen molar-refractivity contribution in [3.8, 4) is 0 Å². The number of carbonyl (C=O) groups is 3. The van der Waals surface area contributed by atoms with E-state index in [1.807, 2.05) is 25.1 Å². The zero-order valence-electron chi connectivity index (χ0n) is 19.9. The molecule has 0 unspecified atom stereocenters. The lowest BCUT2D eigenvalue weighted by Gasteiger charge is -2.27. The highest BCUT2D eigenvalue weighted by Gasteiger charge is 2.24. The van der Waals surface area contributed by atoms with Crippen molar-refractivity contribution in [3.63, 3.8) is 0 Å². The number of aryl methyl sites for hydroxylation is 1. The Hall–Kier alpha value is -2.61. The van der Waals surface area contributed by atoms with Gasteiger partial charge in [-0.15, -0.1) is 0 Å². The van der Waals surface area contributed by atoms with Crippen LogP contribution < -0.4 is 11.1 Å². The molecule has 3 N–H and O–H groups in total. The molecule has 32 heavy (non-hydrogen) atoms. The number of hydrogen-bond acceptors (Lipinski definition) is 6. The molecule has 1 aromatic rings. The molecule has 2 amide bonds. The first-order valence-corrected chi connectivity index (χ1v) is 11.0. The van der Waals surface area contributed by atoms with Gasteiger partial charge in [0.25, 0.3) is 0 Å². The Morgan fingerprint density at radius 3 is 2.41 bits per heavy atom. The number of carbonyl (C=O) groups excluding carboxylic acids is 3. The molecule has 0 aliphatic heterocycles. The van der Waals surface area contributed by atoms with E-state index >= 15 is 0 Å². The maximum Gasteiger partial charge on any atom is 0.407 e. The summed E-state index contributed by atoms with van der Waals surface area (Å²) in [5, 5.41) is 2.79. The summed E-state index contributed by atoms with van der Waals surface area (Å²) < 4.78 is 16.0. The number of nitrogens with one attached hydrogen (secondary N) is 1. The van der Waals surface area contributed by atoms with Gasteiger partial charge in [0.2, 0.25) is 5.91 Å². The third-order valence-electron chi connectivity index (χ3n) is 4.80. The zero-order chi connectivity index (χ0) is 24.1. The number of benzene rings is 1. The maximum atomic E-state index is 12.2. The molecule has 1 rings (SSSR count). The van der Waals surface area contributed by atoms with Gasteiger partial charge >= 0.3 is 12.1 Å². The van der Waals surface area contributed by atoms with Crippen LogP contribution in [0.3, 0.4) is 0 Å². The lowest BCUT2D eigenvalue weighted by Crippen LogP contribution is -2.45. The van der Waals surface area contributed by atoms with Crippen LogP contribution in [0.1, 0.15) is 70.9 Å². The number of ether oxygens (including phenoxy) is 3. The fourth-order valence-corrected chi connectivity index (χ4v) is 3.10. The number of methoxy groups -OCH3 is 1. The van der Waals surface area contributed by atoms with Crippen molar-refractivity contribution in [1.29, 1.82) is 0 Å². The second-order valence-electron chi connectivity index (χ2n) is 8.88. The minimum Gasteiger partial charge on any atom is -0.469 e. The predicted octanol–water partition coefficient (Wildman–Crippen LogP) is 3.64. The average Bonchev–Trinajstić information content (AvgIpc) is 2.71. The third kappa shape index (κ3) is 12.3. The Bertz CT molecular complexity index is 744. The number of hydrogen-bond donors (Lipinski definition) is 2. The molecule has 0 radical (unpaired) electrons. The molecule has 0 saturated heterocycles. The van der Waals surface area contributed by atoms with Crippen LogP contribution in [0.25, 0.3) is 0 Å². The number of rotatable bonds is 13. The highest BCUT2D eigenvalue weighted by molar-refractivity contribution is 5.74. The van der Waals surface area contributed by atoms with E-state index in [1.54, 1.807) is 20.8 Å². The largest absolute Gasteiger partial charge is 0.469 e. The quantitative estimate of drug-likeness (QED) is 0.350. The standard InChI is InChI=1S/C24H38N2O6/c1-17(20(13-14-21(25)27)26-23(29)32-24(2,3)4)31-16-19-11-8-10-18(15-19)9-6-7-12-22(28)30-5/h8,10-11,15,17,20H,6-7,9,12-14,16H2,1-5H3,(H2,25,27)(H,26,29)/t17-,20+/m1/s1. The van der Waals surface area contributed by atoms with Gasteiger partial charge in [0.15, 0.2) is 0 Å². The van der Waals surface area contributed by atoms with Crippen molar-refractivity contribution in [3.05, 3.63) is 35.4 Å². The first-order chi connectivity index (χ1) is 15.0. The summed E-state index contributed by atoms with van der Waals surface area (Å²) in [5.74, 6) is -0.625. The fraction of sp³-hybridized carbons (Fsp3) is 0.625. The van der Waals surface area contributed by atoms with Crippen molar-refractivity contribution in [1.82, 2.24) is 5.32 Å². The van der Waals surface area contributed by atoms with Crippen LogP contribution in [0.2, 0.25) is 0 Å². The Morgan fingerprint density at radius 2 is 1.78 bits per heavy atom. The minimum atomic E-state index is -0.625. The summed E-state index contributed by atoms with van der Waals surface area (Å²) in [7, 11) is 1.40. The average molecular weight is 451 g/mol. The van der Waals surface area contributed by atoms with Crippen molar-refractivity contribution in [2.75, 3.05) is 7.11 Å². The summed E-state index contributed by atoms with van der Waals surface area (Å²) in [4.78, 5) is 34.6. The molecular weight excluding hydrogens is 412 g/mol. The van der Waals surface area contributed by atoms with Gasteiger partial charge in [-0.2, -0.15) is 0 Å². The Balaban J connectivity index is 2.62. The molecule has 2 atom stereocenters. The SMILES string of the molecule is COC(=O)CCCCc1cccc(CO[C@H](C)[C@H](CCC(N)=O)NC(=O)OC(C)(C)C)c1. The number of nitrogens with two attached hydrogens (primary N) is 1. The van der Waals surface area contributed by atoms with E-state index in [4.69, 9.17) is 15.2 Å². The van der Waals surface area contributed by atoms with Crippen LogP contribution in [0.5, 0.6) is 0 Å². The molecule has 0 fully saturated rings. The van der Waals surface area contributed by atoms with Crippen LogP contribution in [-0.4, -0.2) is 42.8 Å². The number of primary amides is 1. The van der Waals surface area contributed by atoms with Crippen LogP contribution in [0.15, 0.2) is 24.3 Å². The molecule has 0 bridgehead atoms. The van der Waals surface area contributed by atoms with E-state index < -0.39 is 23.6 Å². The van der Waals surface area contributed by atoms with Gasteiger partial charge in [-0.3, -0.25) is 9.59 Å². The monoisotopic (exact) mass is 450 g/mol. The van der Waals surface area contributed by atoms with Crippen molar-refractivity contribution >= 4 is 18.0 Å². The number of unbranched alkanes of at least 4 members (excludes halogenated alkanes) is 1. The first kappa shape index (κ1) is 27.4. The van der Waals surface area contributed by atoms with Gasteiger partial charge in [-0.1, -0.05) is 24.3 Å². The Labute approximate surface area is 191 Å². The molecule has 0 spiro atoms. The van der Waals surface area contributed by atoms with Crippen LogP contribution in [0.4, 0.5) is 4.79 Å². The molecule has 0 aromatic heterocycles. The van der Waals surface area contributed by atoms with E-state index in [0.29, 0.717) is 19.4 Å². The number of esters is 1. The van der Waals surface area contributed by atoms with Crippen LogP contribution in [-0.2, 0) is 36.8 Å². The van der Waals surface area contributed by atoms with E-state index in [1.165, 1.54) is 12.7 Å². The summed E-state index contributed by atoms with van der Waals surface area (Å²) in [6.45, 7) is 7.56. The normalized spacial score (nSPS) is 13.2. The smallest absolute Gasteiger partial charge is 0.407 e. The van der Waals surface area contributed by atoms with Gasteiger partial charge in [-0.25, -0.2) is 4.79 Å². The number of alkyl carbamates (subject to hydrolysis) is 1. The van der Waals surface area contributed by atoms with Gasteiger partial charge in [0.05, 0.1) is 25.9 Å². The summed E-state index contributed by atoms with van der Waals surface area (Å²) >= 11 is 0.